The Morgan fingerprint density at radius 1 is 1.29 bits per heavy atom. The van der Waals surface area contributed by atoms with Crippen molar-refractivity contribution in [3.05, 3.63) is 0 Å². The monoisotopic (exact) mass is 197 g/mol. The van der Waals surface area contributed by atoms with Gasteiger partial charge in [-0.25, -0.2) is 0 Å². The van der Waals surface area contributed by atoms with Gasteiger partial charge in [0, 0.05) is 19.7 Å². The Labute approximate surface area is 87.3 Å². The summed E-state index contributed by atoms with van der Waals surface area (Å²) in [7, 11) is 2.20. The molecule has 0 heterocycles. The summed E-state index contributed by atoms with van der Waals surface area (Å²) in [5, 5.41) is 8.75. The predicted octanol–water partition coefficient (Wildman–Crippen LogP) is 1.74. The highest BCUT2D eigenvalue weighted by Gasteiger charge is 2.39. The first-order valence-electron chi connectivity index (χ1n) is 6.09. The third kappa shape index (κ3) is 2.29. The second kappa shape index (κ2) is 4.63. The van der Waals surface area contributed by atoms with Crippen LogP contribution in [0.25, 0.3) is 0 Å². The minimum Gasteiger partial charge on any atom is -0.396 e. The molecule has 0 radical (unpaired) electrons. The topological polar surface area (TPSA) is 23.5 Å². The van der Waals surface area contributed by atoms with E-state index in [1.54, 1.807) is 0 Å². The first-order valence-corrected chi connectivity index (χ1v) is 6.09. The fourth-order valence-corrected chi connectivity index (χ4v) is 3.43. The van der Waals surface area contributed by atoms with Crippen molar-refractivity contribution in [2.45, 2.75) is 32.1 Å². The molecular formula is C12H23NO. The van der Waals surface area contributed by atoms with E-state index in [0.29, 0.717) is 6.61 Å². The lowest BCUT2D eigenvalue weighted by molar-refractivity contribution is 0.199. The molecule has 0 saturated heterocycles. The zero-order valence-corrected chi connectivity index (χ0v) is 9.28. The standard InChI is InChI=1S/C12H23NO/c1-13(5-2-6-14)9-12-8-10-3-4-11(12)7-10/h10-12,14H,2-9H2,1H3. The van der Waals surface area contributed by atoms with Gasteiger partial charge in [0.1, 0.15) is 0 Å². The average molecular weight is 197 g/mol. The molecule has 2 fully saturated rings. The summed E-state index contributed by atoms with van der Waals surface area (Å²) in [6.07, 6.45) is 6.91. The van der Waals surface area contributed by atoms with Crippen LogP contribution in [-0.4, -0.2) is 36.8 Å². The Bertz CT molecular complexity index is 183. The van der Waals surface area contributed by atoms with E-state index in [4.69, 9.17) is 5.11 Å². The Kier molecular flexibility index (Phi) is 3.45. The molecule has 0 aromatic heterocycles. The Morgan fingerprint density at radius 3 is 2.71 bits per heavy atom. The summed E-state index contributed by atoms with van der Waals surface area (Å²) in [5.41, 5.74) is 0. The molecule has 2 saturated carbocycles. The van der Waals surface area contributed by atoms with Crippen LogP contribution in [0.4, 0.5) is 0 Å². The van der Waals surface area contributed by atoms with Crippen LogP contribution in [0.2, 0.25) is 0 Å². The average Bonchev–Trinajstić information content (AvgIpc) is 2.76. The zero-order chi connectivity index (χ0) is 9.97. The molecule has 2 aliphatic carbocycles. The van der Waals surface area contributed by atoms with E-state index >= 15 is 0 Å². The van der Waals surface area contributed by atoms with Gasteiger partial charge in [-0.05, 0) is 50.5 Å². The number of hydrogen-bond donors (Lipinski definition) is 1. The predicted molar refractivity (Wildman–Crippen MR) is 58.1 cm³/mol. The maximum atomic E-state index is 8.75. The fourth-order valence-electron chi connectivity index (χ4n) is 3.43. The molecule has 2 rings (SSSR count). The van der Waals surface area contributed by atoms with Crippen LogP contribution < -0.4 is 0 Å². The molecule has 2 nitrogen and oxygen atoms in total. The van der Waals surface area contributed by atoms with E-state index in [0.717, 1.165) is 30.7 Å². The number of rotatable bonds is 5. The molecule has 82 valence electrons. The van der Waals surface area contributed by atoms with Crippen molar-refractivity contribution in [1.82, 2.24) is 4.90 Å². The van der Waals surface area contributed by atoms with Crippen molar-refractivity contribution in [3.8, 4) is 0 Å². The summed E-state index contributed by atoms with van der Waals surface area (Å²) in [6, 6.07) is 0. The van der Waals surface area contributed by atoms with Gasteiger partial charge in [0.2, 0.25) is 0 Å². The van der Waals surface area contributed by atoms with Gasteiger partial charge < -0.3 is 10.0 Å². The number of fused-ring (bicyclic) bond motifs is 2. The Hall–Kier alpha value is -0.0800. The first-order chi connectivity index (χ1) is 6.79. The largest absolute Gasteiger partial charge is 0.396 e. The maximum absolute atomic E-state index is 8.75. The van der Waals surface area contributed by atoms with Crippen molar-refractivity contribution in [2.24, 2.45) is 17.8 Å². The molecule has 0 aromatic carbocycles. The number of aliphatic hydroxyl groups is 1. The molecular weight excluding hydrogens is 174 g/mol. The second-order valence-electron chi connectivity index (χ2n) is 5.27. The van der Waals surface area contributed by atoms with Gasteiger partial charge in [-0.3, -0.25) is 0 Å². The fraction of sp³-hybridized carbons (Fsp3) is 1.00. The summed E-state index contributed by atoms with van der Waals surface area (Å²) in [6.45, 7) is 2.66. The van der Waals surface area contributed by atoms with Crippen LogP contribution in [0.5, 0.6) is 0 Å². The molecule has 14 heavy (non-hydrogen) atoms. The van der Waals surface area contributed by atoms with E-state index in [2.05, 4.69) is 11.9 Å². The summed E-state index contributed by atoms with van der Waals surface area (Å²) >= 11 is 0. The highest BCUT2D eigenvalue weighted by molar-refractivity contribution is 4.90. The lowest BCUT2D eigenvalue weighted by atomic mass is 9.88. The van der Waals surface area contributed by atoms with Crippen LogP contribution in [-0.2, 0) is 0 Å². The van der Waals surface area contributed by atoms with Crippen molar-refractivity contribution in [1.29, 1.82) is 0 Å². The highest BCUT2D eigenvalue weighted by Crippen LogP contribution is 2.48. The smallest absolute Gasteiger partial charge is 0.0443 e. The van der Waals surface area contributed by atoms with E-state index in [1.807, 2.05) is 0 Å². The van der Waals surface area contributed by atoms with E-state index in [1.165, 1.54) is 32.2 Å². The Morgan fingerprint density at radius 2 is 2.14 bits per heavy atom. The normalized spacial score (nSPS) is 35.8. The maximum Gasteiger partial charge on any atom is 0.0443 e. The van der Waals surface area contributed by atoms with Crippen molar-refractivity contribution < 1.29 is 5.11 Å². The quantitative estimate of drug-likeness (QED) is 0.725. The summed E-state index contributed by atoms with van der Waals surface area (Å²) in [4.78, 5) is 2.40. The molecule has 2 bridgehead atoms. The van der Waals surface area contributed by atoms with Gasteiger partial charge in [0.05, 0.1) is 0 Å². The lowest BCUT2D eigenvalue weighted by Gasteiger charge is -2.26. The zero-order valence-electron chi connectivity index (χ0n) is 9.28. The van der Waals surface area contributed by atoms with Gasteiger partial charge in [-0.15, -0.1) is 0 Å². The summed E-state index contributed by atoms with van der Waals surface area (Å²) in [5.74, 6) is 3.07. The molecule has 2 aliphatic rings. The Balaban J connectivity index is 1.70. The van der Waals surface area contributed by atoms with Crippen molar-refractivity contribution in [2.75, 3.05) is 26.7 Å². The minimum absolute atomic E-state index is 0.334. The van der Waals surface area contributed by atoms with E-state index in [-0.39, 0.29) is 0 Å². The van der Waals surface area contributed by atoms with Crippen LogP contribution in [0, 0.1) is 17.8 Å². The van der Waals surface area contributed by atoms with Gasteiger partial charge in [-0.2, -0.15) is 0 Å². The van der Waals surface area contributed by atoms with E-state index in [9.17, 15) is 0 Å². The molecule has 0 spiro atoms. The van der Waals surface area contributed by atoms with Crippen LogP contribution in [0.3, 0.4) is 0 Å². The van der Waals surface area contributed by atoms with Crippen molar-refractivity contribution in [3.63, 3.8) is 0 Å². The third-order valence-electron chi connectivity index (χ3n) is 4.13. The van der Waals surface area contributed by atoms with E-state index < -0.39 is 0 Å². The second-order valence-corrected chi connectivity index (χ2v) is 5.27. The van der Waals surface area contributed by atoms with Gasteiger partial charge in [0.25, 0.3) is 0 Å². The van der Waals surface area contributed by atoms with Crippen molar-refractivity contribution >= 4 is 0 Å². The van der Waals surface area contributed by atoms with Crippen LogP contribution in [0.1, 0.15) is 32.1 Å². The lowest BCUT2D eigenvalue weighted by Crippen LogP contribution is -2.29. The minimum atomic E-state index is 0.334. The molecule has 0 aromatic rings. The molecule has 2 heteroatoms. The first kappa shape index (κ1) is 10.4. The molecule has 3 atom stereocenters. The molecule has 0 aliphatic heterocycles. The number of hydrogen-bond acceptors (Lipinski definition) is 2. The molecule has 1 N–H and O–H groups in total. The highest BCUT2D eigenvalue weighted by atomic mass is 16.3. The summed E-state index contributed by atoms with van der Waals surface area (Å²) < 4.78 is 0. The van der Waals surface area contributed by atoms with Gasteiger partial charge in [0.15, 0.2) is 0 Å². The van der Waals surface area contributed by atoms with Crippen LogP contribution in [0.15, 0.2) is 0 Å². The van der Waals surface area contributed by atoms with Gasteiger partial charge in [-0.1, -0.05) is 6.42 Å². The number of aliphatic hydroxyl groups excluding tert-OH is 1. The molecule has 3 unspecified atom stereocenters. The van der Waals surface area contributed by atoms with Crippen LogP contribution >= 0.6 is 0 Å². The van der Waals surface area contributed by atoms with Gasteiger partial charge >= 0.3 is 0 Å². The third-order valence-corrected chi connectivity index (χ3v) is 4.13. The molecule has 0 amide bonds. The SMILES string of the molecule is CN(CCCO)CC1CC2CCC1C2. The number of nitrogens with zero attached hydrogens (tertiary/aromatic N) is 1.